The Kier molecular flexibility index (Phi) is 13.5. The Morgan fingerprint density at radius 3 is 1.86 bits per heavy atom. The molecule has 4 N–H and O–H groups in total. The van der Waals surface area contributed by atoms with E-state index in [0.29, 0.717) is 13.2 Å². The molecule has 0 atom stereocenters. The summed E-state index contributed by atoms with van der Waals surface area (Å²) in [6.45, 7) is 0.745. The maximum Gasteiger partial charge on any atom is 0.327 e. The maximum absolute atomic E-state index is 11.0. The standard InChI is InChI=1S/C13H26N4O4/c14-10-12(18)20-8-6-4-2-1-3-5-7-9-21-13(19)11-16-17-15/h1-11,14H2,(H2,15,16). The number of unbranched alkanes of at least 4 members (excludes halogenated alkanes) is 6. The predicted molar refractivity (Wildman–Crippen MR) is 76.4 cm³/mol. The quantitative estimate of drug-likeness (QED) is 0.192. The molecule has 0 aromatic heterocycles. The van der Waals surface area contributed by atoms with Gasteiger partial charge in [-0.1, -0.05) is 37.3 Å². The highest BCUT2D eigenvalue weighted by Crippen LogP contribution is 2.07. The van der Waals surface area contributed by atoms with E-state index in [9.17, 15) is 9.59 Å². The Morgan fingerprint density at radius 2 is 1.38 bits per heavy atom. The van der Waals surface area contributed by atoms with E-state index in [1.807, 2.05) is 0 Å². The highest BCUT2D eigenvalue weighted by Gasteiger charge is 2.01. The van der Waals surface area contributed by atoms with Crippen molar-refractivity contribution in [3.05, 3.63) is 0 Å². The zero-order valence-electron chi connectivity index (χ0n) is 12.4. The minimum atomic E-state index is -0.391. The van der Waals surface area contributed by atoms with Crippen LogP contribution in [0.2, 0.25) is 0 Å². The molecule has 0 aliphatic carbocycles. The van der Waals surface area contributed by atoms with Gasteiger partial charge in [0.25, 0.3) is 0 Å². The summed E-state index contributed by atoms with van der Waals surface area (Å²) in [5, 5.41) is 2.85. The van der Waals surface area contributed by atoms with E-state index < -0.39 is 5.97 Å². The number of carbonyl (C=O) groups is 2. The summed E-state index contributed by atoms with van der Waals surface area (Å²) in [6, 6.07) is 0. The van der Waals surface area contributed by atoms with E-state index >= 15 is 0 Å². The fraction of sp³-hybridized carbons (Fsp3) is 0.846. The van der Waals surface area contributed by atoms with Gasteiger partial charge in [0.15, 0.2) is 0 Å². The summed E-state index contributed by atoms with van der Waals surface area (Å²) in [5.41, 5.74) is 13.8. The Hall–Kier alpha value is -1.70. The fourth-order valence-corrected chi connectivity index (χ4v) is 1.67. The molecule has 21 heavy (non-hydrogen) atoms. The summed E-state index contributed by atoms with van der Waals surface area (Å²) in [6.07, 6.45) is 7.10. The summed E-state index contributed by atoms with van der Waals surface area (Å²) in [5.74, 6) is -0.742. The molecule has 0 fully saturated rings. The molecule has 0 aromatic rings. The predicted octanol–water partition coefficient (Wildman–Crippen LogP) is 1.30. The molecule has 0 heterocycles. The van der Waals surface area contributed by atoms with E-state index in [-0.39, 0.29) is 19.1 Å². The minimum absolute atomic E-state index is 0.0570. The van der Waals surface area contributed by atoms with Crippen molar-refractivity contribution in [2.75, 3.05) is 26.3 Å². The summed E-state index contributed by atoms with van der Waals surface area (Å²) < 4.78 is 9.80. The van der Waals surface area contributed by atoms with Crippen LogP contribution in [0, 0.1) is 5.53 Å². The number of ether oxygens (including phenoxy) is 2. The van der Waals surface area contributed by atoms with Gasteiger partial charge in [0.2, 0.25) is 0 Å². The Balaban J connectivity index is 3.14. The molecule has 0 rings (SSSR count). The van der Waals surface area contributed by atoms with Crippen molar-refractivity contribution >= 4 is 11.9 Å². The number of carbonyl (C=O) groups excluding carboxylic acids is 2. The topological polar surface area (TPSA) is 127 Å². The lowest BCUT2D eigenvalue weighted by Crippen LogP contribution is -2.20. The van der Waals surface area contributed by atoms with E-state index in [4.69, 9.17) is 20.7 Å². The zero-order chi connectivity index (χ0) is 15.8. The van der Waals surface area contributed by atoms with Gasteiger partial charge in [-0.05, 0) is 12.8 Å². The van der Waals surface area contributed by atoms with Crippen LogP contribution in [0.4, 0.5) is 0 Å². The molecular formula is C13H26N4O4. The van der Waals surface area contributed by atoms with Crippen molar-refractivity contribution < 1.29 is 19.1 Å². The SMILES string of the molecule is N=NNCC(=O)OCCCCCCCCCOC(=O)CN. The van der Waals surface area contributed by atoms with E-state index in [0.717, 1.165) is 44.9 Å². The molecule has 0 aliphatic rings. The molecule has 0 unspecified atom stereocenters. The van der Waals surface area contributed by atoms with Crippen molar-refractivity contribution in [3.8, 4) is 0 Å². The summed E-state index contributed by atoms with van der Waals surface area (Å²) in [4.78, 5) is 21.8. The van der Waals surface area contributed by atoms with E-state index in [1.165, 1.54) is 0 Å². The molecule has 122 valence electrons. The second-order valence-corrected chi connectivity index (χ2v) is 4.57. The maximum atomic E-state index is 11.0. The Bertz CT molecular complexity index is 300. The van der Waals surface area contributed by atoms with E-state index in [1.54, 1.807) is 0 Å². The van der Waals surface area contributed by atoms with Crippen LogP contribution in [-0.2, 0) is 19.1 Å². The Labute approximate surface area is 125 Å². The first-order chi connectivity index (χ1) is 10.2. The van der Waals surface area contributed by atoms with Gasteiger partial charge in [0.1, 0.15) is 6.54 Å². The lowest BCUT2D eigenvalue weighted by Gasteiger charge is -2.05. The third-order valence-corrected chi connectivity index (χ3v) is 2.78. The molecule has 0 bridgehead atoms. The number of esters is 2. The fourth-order valence-electron chi connectivity index (χ4n) is 1.67. The molecule has 0 saturated heterocycles. The molecule has 0 aliphatic heterocycles. The van der Waals surface area contributed by atoms with Crippen LogP contribution in [0.1, 0.15) is 44.9 Å². The number of rotatable bonds is 14. The normalized spacial score (nSPS) is 9.95. The van der Waals surface area contributed by atoms with Crippen molar-refractivity contribution in [1.29, 1.82) is 5.53 Å². The van der Waals surface area contributed by atoms with Crippen molar-refractivity contribution in [3.63, 3.8) is 0 Å². The molecule has 8 heteroatoms. The highest BCUT2D eigenvalue weighted by molar-refractivity contribution is 5.71. The number of nitrogens with zero attached hydrogens (tertiary/aromatic N) is 1. The van der Waals surface area contributed by atoms with Gasteiger partial charge >= 0.3 is 11.9 Å². The first kappa shape index (κ1) is 19.3. The van der Waals surface area contributed by atoms with Crippen LogP contribution < -0.4 is 11.2 Å². The first-order valence-electron chi connectivity index (χ1n) is 7.31. The van der Waals surface area contributed by atoms with Gasteiger partial charge < -0.3 is 15.2 Å². The van der Waals surface area contributed by atoms with Crippen molar-refractivity contribution in [2.24, 2.45) is 11.0 Å². The first-order valence-corrected chi connectivity index (χ1v) is 7.31. The van der Waals surface area contributed by atoms with Gasteiger partial charge in [-0.3, -0.25) is 15.0 Å². The van der Waals surface area contributed by atoms with Crippen LogP contribution in [-0.4, -0.2) is 38.2 Å². The molecular weight excluding hydrogens is 276 g/mol. The van der Waals surface area contributed by atoms with Gasteiger partial charge in [-0.25, -0.2) is 0 Å². The second-order valence-electron chi connectivity index (χ2n) is 4.57. The molecule has 0 saturated carbocycles. The lowest BCUT2D eigenvalue weighted by molar-refractivity contribution is -0.143. The van der Waals surface area contributed by atoms with Crippen LogP contribution in [0.5, 0.6) is 0 Å². The van der Waals surface area contributed by atoms with Gasteiger partial charge in [-0.2, -0.15) is 5.53 Å². The van der Waals surface area contributed by atoms with Crippen molar-refractivity contribution in [2.45, 2.75) is 44.9 Å². The average Bonchev–Trinajstić information content (AvgIpc) is 2.50. The van der Waals surface area contributed by atoms with E-state index in [2.05, 4.69) is 10.6 Å². The summed E-state index contributed by atoms with van der Waals surface area (Å²) >= 11 is 0. The van der Waals surface area contributed by atoms with Crippen LogP contribution in [0.3, 0.4) is 0 Å². The van der Waals surface area contributed by atoms with Gasteiger partial charge in [0.05, 0.1) is 19.8 Å². The molecule has 8 nitrogen and oxygen atoms in total. The monoisotopic (exact) mass is 302 g/mol. The second kappa shape index (κ2) is 14.7. The van der Waals surface area contributed by atoms with Gasteiger partial charge in [0, 0.05) is 0 Å². The van der Waals surface area contributed by atoms with Crippen molar-refractivity contribution in [1.82, 2.24) is 5.43 Å². The highest BCUT2D eigenvalue weighted by atomic mass is 16.5. The molecule has 0 radical (unpaired) electrons. The molecule has 0 spiro atoms. The van der Waals surface area contributed by atoms with Crippen LogP contribution in [0.15, 0.2) is 5.22 Å². The molecule has 0 aromatic carbocycles. The zero-order valence-corrected chi connectivity index (χ0v) is 12.4. The average molecular weight is 302 g/mol. The number of hydrogen-bond acceptors (Lipinski definition) is 7. The van der Waals surface area contributed by atoms with Crippen LogP contribution in [0.25, 0.3) is 0 Å². The largest absolute Gasteiger partial charge is 0.465 e. The third kappa shape index (κ3) is 14.5. The smallest absolute Gasteiger partial charge is 0.327 e. The third-order valence-electron chi connectivity index (χ3n) is 2.78. The van der Waals surface area contributed by atoms with Crippen LogP contribution >= 0.6 is 0 Å². The summed E-state index contributed by atoms with van der Waals surface area (Å²) in [7, 11) is 0. The minimum Gasteiger partial charge on any atom is -0.465 e. The number of nitrogens with two attached hydrogens (primary N) is 1. The molecule has 0 amide bonds. The number of hydrogen-bond donors (Lipinski definition) is 3. The van der Waals surface area contributed by atoms with Gasteiger partial charge in [-0.15, -0.1) is 0 Å². The Morgan fingerprint density at radius 1 is 0.905 bits per heavy atom. The number of nitrogens with one attached hydrogen (secondary N) is 2. The lowest BCUT2D eigenvalue weighted by atomic mass is 10.1.